The lowest BCUT2D eigenvalue weighted by Gasteiger charge is -2.44. The third kappa shape index (κ3) is 5.02. The number of nitrogens with zero attached hydrogens (tertiary/aromatic N) is 5. The van der Waals surface area contributed by atoms with Gasteiger partial charge < -0.3 is 19.0 Å². The molecule has 0 saturated carbocycles. The Morgan fingerprint density at radius 2 is 1.65 bits per heavy atom. The van der Waals surface area contributed by atoms with E-state index in [0.717, 1.165) is 11.1 Å². The molecule has 0 radical (unpaired) electrons. The molecule has 5 rings (SSSR count). The molecule has 0 bridgehead atoms. The van der Waals surface area contributed by atoms with Gasteiger partial charge in [0.15, 0.2) is 0 Å². The number of aromatic nitrogens is 2. The van der Waals surface area contributed by atoms with E-state index in [1.165, 1.54) is 24.8 Å². The minimum atomic E-state index is -0.992. The van der Waals surface area contributed by atoms with Gasteiger partial charge in [-0.25, -0.2) is 0 Å². The number of piperazine rings is 1. The van der Waals surface area contributed by atoms with Crippen molar-refractivity contribution < 1.29 is 13.9 Å². The van der Waals surface area contributed by atoms with Crippen LogP contribution in [0.2, 0.25) is 10.0 Å². The zero-order chi connectivity index (χ0) is 28.6. The van der Waals surface area contributed by atoms with Crippen molar-refractivity contribution in [2.24, 2.45) is 7.05 Å². The fraction of sp³-hybridized carbons (Fsp3) is 0.241. The molecule has 40 heavy (non-hydrogen) atoms. The Hall–Kier alpha value is -3.97. The minimum absolute atomic E-state index is 0.0213. The number of rotatable bonds is 5. The highest BCUT2D eigenvalue weighted by atomic mass is 35.5. The van der Waals surface area contributed by atoms with Crippen LogP contribution in [0.5, 0.6) is 0 Å². The van der Waals surface area contributed by atoms with Crippen LogP contribution in [0.1, 0.15) is 17.2 Å². The molecule has 1 fully saturated rings. The largest absolute Gasteiger partial charge is 0.468 e. The summed E-state index contributed by atoms with van der Waals surface area (Å²) in [5.41, 5.74) is 1.48. The van der Waals surface area contributed by atoms with Crippen LogP contribution in [-0.2, 0) is 16.6 Å². The first kappa shape index (κ1) is 27.6. The summed E-state index contributed by atoms with van der Waals surface area (Å²) in [6.45, 7) is 7.97. The van der Waals surface area contributed by atoms with Gasteiger partial charge in [-0.05, 0) is 47.5 Å². The van der Waals surface area contributed by atoms with Crippen LogP contribution < -0.4 is 10.5 Å². The lowest BCUT2D eigenvalue weighted by atomic mass is 9.94. The number of aryl methyl sites for hydroxylation is 1. The van der Waals surface area contributed by atoms with Gasteiger partial charge in [0, 0.05) is 36.7 Å². The van der Waals surface area contributed by atoms with E-state index in [1.54, 1.807) is 35.2 Å². The number of halogens is 3. The first-order valence-corrected chi connectivity index (χ1v) is 13.1. The Kier molecular flexibility index (Phi) is 7.76. The molecule has 0 aliphatic carbocycles. The second-order valence-electron chi connectivity index (χ2n) is 9.40. The maximum atomic E-state index is 15.6. The summed E-state index contributed by atoms with van der Waals surface area (Å²) in [5.74, 6) is -1.44. The molecular weight excluding hydrogens is 556 g/mol. The zero-order valence-electron chi connectivity index (χ0n) is 21.6. The first-order valence-electron chi connectivity index (χ1n) is 12.4. The molecule has 1 aliphatic heterocycles. The maximum Gasteiger partial charge on any atom is 0.324 e. The van der Waals surface area contributed by atoms with Crippen LogP contribution in [-0.4, -0.2) is 53.2 Å². The number of hydrogen-bond acceptors (Lipinski definition) is 6. The van der Waals surface area contributed by atoms with Crippen LogP contribution in [0.4, 0.5) is 15.9 Å². The molecular formula is C29H24Cl2FN5O3. The molecule has 1 atom stereocenters. The number of benzene rings is 2. The average Bonchev–Trinajstić information content (AvgIpc) is 2.98. The second-order valence-corrected chi connectivity index (χ2v) is 10.3. The predicted molar refractivity (Wildman–Crippen MR) is 153 cm³/mol. The summed E-state index contributed by atoms with van der Waals surface area (Å²) >= 11 is 12.3. The average molecular weight is 580 g/mol. The fourth-order valence-corrected chi connectivity index (χ4v) is 5.47. The fourth-order valence-electron chi connectivity index (χ4n) is 5.22. The number of carbonyl (C=O) groups is 1. The van der Waals surface area contributed by atoms with Crippen LogP contribution in [0.3, 0.4) is 0 Å². The molecule has 2 aromatic heterocycles. The summed E-state index contributed by atoms with van der Waals surface area (Å²) in [6.07, 6.45) is 0. The Bertz CT molecular complexity index is 1640. The van der Waals surface area contributed by atoms with E-state index in [2.05, 4.69) is 9.83 Å². The highest BCUT2D eigenvalue weighted by Gasteiger charge is 2.40. The summed E-state index contributed by atoms with van der Waals surface area (Å²) < 4.78 is 22.0. The summed E-state index contributed by atoms with van der Waals surface area (Å²) in [4.78, 5) is 37.4. The van der Waals surface area contributed by atoms with E-state index in [0.29, 0.717) is 22.1 Å². The molecule has 0 N–H and O–H groups in total. The lowest BCUT2D eigenvalue weighted by molar-refractivity contribution is -0.148. The summed E-state index contributed by atoms with van der Waals surface area (Å²) in [6, 6.07) is 16.6. The number of anilines is 1. The third-order valence-electron chi connectivity index (χ3n) is 7.17. The number of hydrogen-bond donors (Lipinski definition) is 0. The molecule has 3 heterocycles. The smallest absolute Gasteiger partial charge is 0.324 e. The number of ether oxygens (including phenoxy) is 1. The van der Waals surface area contributed by atoms with Crippen molar-refractivity contribution >= 4 is 51.7 Å². The van der Waals surface area contributed by atoms with E-state index in [-0.39, 0.29) is 36.2 Å². The van der Waals surface area contributed by atoms with E-state index < -0.39 is 23.4 Å². The van der Waals surface area contributed by atoms with E-state index >= 15 is 4.39 Å². The van der Waals surface area contributed by atoms with E-state index in [9.17, 15) is 9.59 Å². The predicted octanol–water partition coefficient (Wildman–Crippen LogP) is 5.38. The van der Waals surface area contributed by atoms with Gasteiger partial charge in [0.2, 0.25) is 11.3 Å². The second kappa shape index (κ2) is 11.3. The van der Waals surface area contributed by atoms with Gasteiger partial charge in [0.25, 0.3) is 11.4 Å². The first-order chi connectivity index (χ1) is 19.2. The van der Waals surface area contributed by atoms with Gasteiger partial charge in [-0.3, -0.25) is 14.5 Å². The standard InChI is InChI=1S/C29H24Cl2FN5O3/c1-33-23-13-12-21-25(34-23)27(24(32)28(38)35(21)2)36-14-15-37(22(16-36)29(39)40-3)26(17-4-8-19(30)9-5-17)18-6-10-20(31)11-7-18/h4-13,22,26H,14-16H2,2-3H3. The molecule has 2 aromatic carbocycles. The van der Waals surface area contributed by atoms with Crippen LogP contribution in [0, 0.1) is 12.4 Å². The highest BCUT2D eigenvalue weighted by molar-refractivity contribution is 6.30. The Morgan fingerprint density at radius 3 is 2.20 bits per heavy atom. The van der Waals surface area contributed by atoms with Crippen LogP contribution >= 0.6 is 23.2 Å². The van der Waals surface area contributed by atoms with Crippen molar-refractivity contribution in [2.45, 2.75) is 12.1 Å². The Morgan fingerprint density at radius 1 is 1.05 bits per heavy atom. The monoisotopic (exact) mass is 579 g/mol. The molecule has 0 spiro atoms. The van der Waals surface area contributed by atoms with Crippen molar-refractivity contribution in [3.05, 3.63) is 109 Å². The van der Waals surface area contributed by atoms with Gasteiger partial charge in [-0.2, -0.15) is 4.39 Å². The molecule has 1 saturated heterocycles. The summed E-state index contributed by atoms with van der Waals surface area (Å²) in [7, 11) is 2.76. The molecule has 4 aromatic rings. The van der Waals surface area contributed by atoms with Gasteiger partial charge in [-0.1, -0.05) is 54.0 Å². The molecule has 8 nitrogen and oxygen atoms in total. The van der Waals surface area contributed by atoms with Crippen molar-refractivity contribution in [3.63, 3.8) is 0 Å². The van der Waals surface area contributed by atoms with E-state index in [4.69, 9.17) is 34.5 Å². The van der Waals surface area contributed by atoms with Gasteiger partial charge in [0.05, 0.1) is 18.7 Å². The number of esters is 1. The molecule has 11 heteroatoms. The maximum absolute atomic E-state index is 15.6. The van der Waals surface area contributed by atoms with Gasteiger partial charge >= 0.3 is 5.97 Å². The molecule has 0 amide bonds. The highest BCUT2D eigenvalue weighted by Crippen LogP contribution is 2.36. The number of carbonyl (C=O) groups excluding carboxylic acids is 1. The van der Waals surface area contributed by atoms with Crippen molar-refractivity contribution in [1.82, 2.24) is 14.5 Å². The van der Waals surface area contributed by atoms with Crippen LogP contribution in [0.15, 0.2) is 65.5 Å². The normalized spacial score (nSPS) is 15.8. The zero-order valence-corrected chi connectivity index (χ0v) is 23.2. The van der Waals surface area contributed by atoms with Crippen molar-refractivity contribution in [1.29, 1.82) is 0 Å². The van der Waals surface area contributed by atoms with E-state index in [1.807, 2.05) is 29.2 Å². The molecule has 1 aliphatic rings. The Balaban J connectivity index is 1.62. The topological polar surface area (TPSA) is 72.0 Å². The summed E-state index contributed by atoms with van der Waals surface area (Å²) in [5, 5.41) is 1.15. The number of fused-ring (bicyclic) bond motifs is 1. The van der Waals surface area contributed by atoms with Crippen molar-refractivity contribution in [2.75, 3.05) is 31.6 Å². The SMILES string of the molecule is [C-]#[N+]c1ccc2c(n1)c(N1CCN(C(c3ccc(Cl)cc3)c3ccc(Cl)cc3)C(C(=O)OC)C1)c(F)c(=O)n2C. The number of methoxy groups -OCH3 is 1. The molecule has 1 unspecified atom stereocenters. The number of pyridine rings is 2. The molecule has 204 valence electrons. The Labute approximate surface area is 239 Å². The minimum Gasteiger partial charge on any atom is -0.468 e. The van der Waals surface area contributed by atoms with Crippen molar-refractivity contribution in [3.8, 4) is 0 Å². The third-order valence-corrected chi connectivity index (χ3v) is 7.68. The quantitative estimate of drug-likeness (QED) is 0.233. The van der Waals surface area contributed by atoms with Gasteiger partial charge in [-0.15, -0.1) is 4.98 Å². The van der Waals surface area contributed by atoms with Gasteiger partial charge in [0.1, 0.15) is 11.7 Å². The lowest BCUT2D eigenvalue weighted by Crippen LogP contribution is -2.58. The van der Waals surface area contributed by atoms with Crippen LogP contribution in [0.25, 0.3) is 15.9 Å².